The third-order valence-corrected chi connectivity index (χ3v) is 3.97. The van der Waals surface area contributed by atoms with Crippen molar-refractivity contribution < 1.29 is 19.0 Å². The number of aliphatic imine (C=N–C) groups is 1. The highest BCUT2D eigenvalue weighted by atomic mass is 16.5. The van der Waals surface area contributed by atoms with E-state index < -0.39 is 18.1 Å². The Morgan fingerprint density at radius 2 is 1.71 bits per heavy atom. The molecule has 0 amide bonds. The second-order valence-corrected chi connectivity index (χ2v) is 5.58. The number of hydrogen-bond donors (Lipinski definition) is 0. The molecule has 0 bridgehead atoms. The number of nitrogens with zero attached hydrogens (tertiary/aromatic N) is 1. The summed E-state index contributed by atoms with van der Waals surface area (Å²) in [6, 6.07) is 14.5. The van der Waals surface area contributed by atoms with Crippen molar-refractivity contribution in [2.24, 2.45) is 4.99 Å². The largest absolute Gasteiger partial charge is 0.497 e. The Kier molecular flexibility index (Phi) is 4.51. The van der Waals surface area contributed by atoms with Gasteiger partial charge < -0.3 is 14.2 Å². The Morgan fingerprint density at radius 1 is 1.04 bits per heavy atom. The lowest BCUT2D eigenvalue weighted by atomic mass is 10.0. The molecule has 1 heterocycles. The molecule has 5 heteroatoms. The Balaban J connectivity index is 1.91. The predicted octanol–water partition coefficient (Wildman–Crippen LogP) is 3.06. The minimum atomic E-state index is -0.713. The molecule has 0 saturated carbocycles. The lowest BCUT2D eigenvalue weighted by molar-refractivity contribution is -0.143. The SMILES string of the molecule is COC(=O)[C@H]1N=C(c2ccc(OC)cc2)O[C@H]1c1ccc(C)cc1. The molecule has 0 N–H and O–H groups in total. The van der Waals surface area contributed by atoms with E-state index in [1.807, 2.05) is 55.5 Å². The minimum absolute atomic E-state index is 0.413. The van der Waals surface area contributed by atoms with Gasteiger partial charge in [-0.05, 0) is 36.8 Å². The number of aryl methyl sites for hydroxylation is 1. The van der Waals surface area contributed by atoms with E-state index >= 15 is 0 Å². The third-order valence-electron chi connectivity index (χ3n) is 3.97. The van der Waals surface area contributed by atoms with E-state index in [9.17, 15) is 4.79 Å². The van der Waals surface area contributed by atoms with E-state index in [0.29, 0.717) is 5.90 Å². The molecule has 0 spiro atoms. The van der Waals surface area contributed by atoms with Gasteiger partial charge in [0.25, 0.3) is 0 Å². The van der Waals surface area contributed by atoms with Crippen LogP contribution in [0.25, 0.3) is 0 Å². The molecule has 3 rings (SSSR count). The molecule has 2 aromatic rings. The summed E-state index contributed by atoms with van der Waals surface area (Å²) in [7, 11) is 2.97. The lowest BCUT2D eigenvalue weighted by Gasteiger charge is -2.16. The Labute approximate surface area is 140 Å². The number of carbonyl (C=O) groups excluding carboxylic acids is 1. The molecule has 0 aromatic heterocycles. The van der Waals surface area contributed by atoms with Gasteiger partial charge in [-0.25, -0.2) is 9.79 Å². The summed E-state index contributed by atoms with van der Waals surface area (Å²) in [5.74, 6) is 0.764. The van der Waals surface area contributed by atoms with Crippen LogP contribution in [-0.4, -0.2) is 32.1 Å². The first-order valence-corrected chi connectivity index (χ1v) is 7.65. The standard InChI is InChI=1S/C19H19NO4/c1-12-4-6-13(7-5-12)17-16(19(21)23-3)20-18(24-17)14-8-10-15(22-2)11-9-14/h4-11,16-17H,1-3H3/t16-,17-/m0/s1. The zero-order valence-electron chi connectivity index (χ0n) is 13.9. The quantitative estimate of drug-likeness (QED) is 0.811. The summed E-state index contributed by atoms with van der Waals surface area (Å²) in [6.45, 7) is 2.01. The van der Waals surface area contributed by atoms with Gasteiger partial charge in [0.05, 0.1) is 14.2 Å². The van der Waals surface area contributed by atoms with E-state index in [1.165, 1.54) is 7.11 Å². The van der Waals surface area contributed by atoms with E-state index in [0.717, 1.165) is 22.4 Å². The fraction of sp³-hybridized carbons (Fsp3) is 0.263. The summed E-state index contributed by atoms with van der Waals surface area (Å²) >= 11 is 0. The van der Waals surface area contributed by atoms with E-state index in [4.69, 9.17) is 14.2 Å². The minimum Gasteiger partial charge on any atom is -0.497 e. The number of rotatable bonds is 4. The van der Waals surface area contributed by atoms with Gasteiger partial charge in [0.1, 0.15) is 5.75 Å². The first kappa shape index (κ1) is 16.1. The fourth-order valence-corrected chi connectivity index (χ4v) is 2.59. The second kappa shape index (κ2) is 6.74. The molecular weight excluding hydrogens is 306 g/mol. The van der Waals surface area contributed by atoms with Crippen molar-refractivity contribution in [3.05, 3.63) is 65.2 Å². The van der Waals surface area contributed by atoms with Gasteiger partial charge in [-0.15, -0.1) is 0 Å². The van der Waals surface area contributed by atoms with Crippen LogP contribution < -0.4 is 4.74 Å². The smallest absolute Gasteiger partial charge is 0.335 e. The Bertz CT molecular complexity index is 750. The highest BCUT2D eigenvalue weighted by molar-refractivity contribution is 5.98. The molecule has 1 aliphatic rings. The maximum atomic E-state index is 12.1. The molecule has 0 fully saturated rings. The lowest BCUT2D eigenvalue weighted by Crippen LogP contribution is -2.25. The molecule has 24 heavy (non-hydrogen) atoms. The Hall–Kier alpha value is -2.82. The summed E-state index contributed by atoms with van der Waals surface area (Å²) < 4.78 is 16.0. The average Bonchev–Trinajstić information content (AvgIpc) is 3.07. The van der Waals surface area contributed by atoms with Crippen LogP contribution in [-0.2, 0) is 14.3 Å². The van der Waals surface area contributed by atoms with Crippen LogP contribution in [0.2, 0.25) is 0 Å². The predicted molar refractivity (Wildman–Crippen MR) is 90.3 cm³/mol. The summed E-state index contributed by atoms with van der Waals surface area (Å²) in [5.41, 5.74) is 2.82. The fourth-order valence-electron chi connectivity index (χ4n) is 2.59. The number of esters is 1. The van der Waals surface area contributed by atoms with Crippen molar-refractivity contribution in [3.8, 4) is 5.75 Å². The normalized spacial score (nSPS) is 19.4. The van der Waals surface area contributed by atoms with Crippen LogP contribution in [0.4, 0.5) is 0 Å². The van der Waals surface area contributed by atoms with Gasteiger partial charge >= 0.3 is 5.97 Å². The van der Waals surface area contributed by atoms with Crippen molar-refractivity contribution >= 4 is 11.9 Å². The number of hydrogen-bond acceptors (Lipinski definition) is 5. The maximum Gasteiger partial charge on any atom is 0.335 e. The molecule has 0 aliphatic carbocycles. The van der Waals surface area contributed by atoms with Crippen molar-refractivity contribution in [2.45, 2.75) is 19.1 Å². The van der Waals surface area contributed by atoms with E-state index in [2.05, 4.69) is 4.99 Å². The third kappa shape index (κ3) is 3.11. The van der Waals surface area contributed by atoms with Crippen molar-refractivity contribution in [1.29, 1.82) is 0 Å². The maximum absolute atomic E-state index is 12.1. The van der Waals surface area contributed by atoms with Crippen LogP contribution in [0, 0.1) is 6.92 Å². The molecule has 2 atom stereocenters. The van der Waals surface area contributed by atoms with Crippen LogP contribution in [0.1, 0.15) is 22.8 Å². The monoisotopic (exact) mass is 325 g/mol. The van der Waals surface area contributed by atoms with Crippen LogP contribution in [0.15, 0.2) is 53.5 Å². The van der Waals surface area contributed by atoms with Gasteiger partial charge in [0.15, 0.2) is 12.1 Å². The zero-order chi connectivity index (χ0) is 17.1. The first-order valence-electron chi connectivity index (χ1n) is 7.65. The summed E-state index contributed by atoms with van der Waals surface area (Å²) in [6.07, 6.45) is -0.491. The van der Waals surface area contributed by atoms with Gasteiger partial charge in [0.2, 0.25) is 5.90 Å². The highest BCUT2D eigenvalue weighted by Gasteiger charge is 2.38. The number of methoxy groups -OCH3 is 2. The summed E-state index contributed by atoms with van der Waals surface area (Å²) in [5, 5.41) is 0. The van der Waals surface area contributed by atoms with E-state index in [-0.39, 0.29) is 0 Å². The van der Waals surface area contributed by atoms with Crippen molar-refractivity contribution in [1.82, 2.24) is 0 Å². The van der Waals surface area contributed by atoms with Crippen molar-refractivity contribution in [2.75, 3.05) is 14.2 Å². The van der Waals surface area contributed by atoms with Crippen LogP contribution >= 0.6 is 0 Å². The molecule has 1 aliphatic heterocycles. The molecule has 2 aromatic carbocycles. The number of carbonyl (C=O) groups is 1. The first-order chi connectivity index (χ1) is 11.6. The number of benzene rings is 2. The molecule has 0 radical (unpaired) electrons. The number of ether oxygens (including phenoxy) is 3. The van der Waals surface area contributed by atoms with Gasteiger partial charge in [0, 0.05) is 5.56 Å². The van der Waals surface area contributed by atoms with Gasteiger partial charge in [-0.2, -0.15) is 0 Å². The molecule has 0 unspecified atom stereocenters. The van der Waals surface area contributed by atoms with Crippen molar-refractivity contribution in [3.63, 3.8) is 0 Å². The second-order valence-electron chi connectivity index (χ2n) is 5.58. The van der Waals surface area contributed by atoms with Gasteiger partial charge in [-0.3, -0.25) is 0 Å². The van der Waals surface area contributed by atoms with Crippen LogP contribution in [0.5, 0.6) is 5.75 Å². The average molecular weight is 325 g/mol. The molecule has 0 saturated heterocycles. The summed E-state index contributed by atoms with van der Waals surface area (Å²) in [4.78, 5) is 16.6. The van der Waals surface area contributed by atoms with E-state index in [1.54, 1.807) is 7.11 Å². The molecule has 124 valence electrons. The molecule has 5 nitrogen and oxygen atoms in total. The Morgan fingerprint density at radius 3 is 2.29 bits per heavy atom. The van der Waals surface area contributed by atoms with Crippen LogP contribution in [0.3, 0.4) is 0 Å². The molecular formula is C19H19NO4. The zero-order valence-corrected chi connectivity index (χ0v) is 13.9. The highest BCUT2D eigenvalue weighted by Crippen LogP contribution is 2.32. The van der Waals surface area contributed by atoms with Gasteiger partial charge in [-0.1, -0.05) is 29.8 Å². The topological polar surface area (TPSA) is 57.1 Å².